The Kier molecular flexibility index (Phi) is 9.54. The molecule has 206 valence electrons. The molecule has 0 spiro atoms. The third-order valence-corrected chi connectivity index (χ3v) is 8.96. The second-order valence-electron chi connectivity index (χ2n) is 11.6. The smallest absolute Gasteiger partial charge is 0.309 e. The molecule has 1 aromatic heterocycles. The summed E-state index contributed by atoms with van der Waals surface area (Å²) in [6.45, 7) is 14.9. The minimum Gasteiger partial charge on any atom is -0.458 e. The first kappa shape index (κ1) is 29.7. The van der Waals surface area contributed by atoms with E-state index in [2.05, 4.69) is 18.5 Å². The summed E-state index contributed by atoms with van der Waals surface area (Å²) in [6, 6.07) is 0. The molecular formula is C29H43NO6S. The molecule has 2 aliphatic rings. The number of carbonyl (C=O) groups is 2. The molecule has 2 saturated heterocycles. The van der Waals surface area contributed by atoms with Crippen LogP contribution in [0.3, 0.4) is 0 Å². The Labute approximate surface area is 225 Å². The van der Waals surface area contributed by atoms with E-state index in [9.17, 15) is 19.8 Å². The molecule has 0 amide bonds. The Bertz CT molecular complexity index is 1020. The summed E-state index contributed by atoms with van der Waals surface area (Å²) in [5.74, 6) is -1.67. The minimum absolute atomic E-state index is 0.0598. The lowest BCUT2D eigenvalue weighted by Crippen LogP contribution is -2.46. The van der Waals surface area contributed by atoms with Crippen LogP contribution in [0.2, 0.25) is 0 Å². The van der Waals surface area contributed by atoms with Gasteiger partial charge in [0.05, 0.1) is 46.5 Å². The number of aromatic nitrogens is 1. The van der Waals surface area contributed by atoms with Gasteiger partial charge in [-0.3, -0.25) is 9.59 Å². The van der Waals surface area contributed by atoms with Crippen molar-refractivity contribution in [3.05, 3.63) is 34.3 Å². The van der Waals surface area contributed by atoms with Gasteiger partial charge in [-0.05, 0) is 57.6 Å². The lowest BCUT2D eigenvalue weighted by Gasteiger charge is -2.35. The predicted octanol–water partition coefficient (Wildman–Crippen LogP) is 5.03. The van der Waals surface area contributed by atoms with Crippen LogP contribution in [-0.4, -0.2) is 57.0 Å². The summed E-state index contributed by atoms with van der Waals surface area (Å²) >= 11 is 1.56. The SMILES string of the molecule is C=CC[C@H]1C(=O)C(C)(C)[C@@H](O)CC(=O)O[C@H](C(C)=Cc2csc(C)n2)CC2OC2(C)CCC[C@H](C)[C@H]1O. The molecule has 3 rings (SSSR count). The third kappa shape index (κ3) is 7.16. The maximum atomic E-state index is 13.6. The molecule has 0 aliphatic carbocycles. The van der Waals surface area contributed by atoms with Crippen molar-refractivity contribution in [2.75, 3.05) is 0 Å². The van der Waals surface area contributed by atoms with Gasteiger partial charge in [-0.1, -0.05) is 33.3 Å². The Morgan fingerprint density at radius 2 is 2.00 bits per heavy atom. The summed E-state index contributed by atoms with van der Waals surface area (Å²) in [5.41, 5.74) is 0.101. The second-order valence-corrected chi connectivity index (χ2v) is 12.7. The highest BCUT2D eigenvalue weighted by atomic mass is 32.1. The number of rotatable bonds is 4. The first-order valence-corrected chi connectivity index (χ1v) is 14.2. The molecule has 3 heterocycles. The Hall–Kier alpha value is -1.87. The maximum absolute atomic E-state index is 13.6. The van der Waals surface area contributed by atoms with E-state index in [-0.39, 0.29) is 29.8 Å². The number of hydrogen-bond acceptors (Lipinski definition) is 8. The topological polar surface area (TPSA) is 109 Å². The molecule has 7 nitrogen and oxygen atoms in total. The number of Topliss-reactive ketones (excluding diaryl/α,β-unsaturated/α-hetero) is 1. The van der Waals surface area contributed by atoms with Crippen molar-refractivity contribution < 1.29 is 29.3 Å². The zero-order valence-electron chi connectivity index (χ0n) is 23.0. The van der Waals surface area contributed by atoms with E-state index in [0.717, 1.165) is 35.5 Å². The van der Waals surface area contributed by atoms with Crippen LogP contribution in [0.15, 0.2) is 23.6 Å². The van der Waals surface area contributed by atoms with Gasteiger partial charge in [0, 0.05) is 17.7 Å². The molecule has 2 fully saturated rings. The van der Waals surface area contributed by atoms with Crippen molar-refractivity contribution >= 4 is 29.2 Å². The zero-order chi connectivity index (χ0) is 27.5. The van der Waals surface area contributed by atoms with Crippen LogP contribution < -0.4 is 0 Å². The lowest BCUT2D eigenvalue weighted by atomic mass is 9.71. The molecule has 1 aromatic rings. The fourth-order valence-electron chi connectivity index (χ4n) is 5.29. The van der Waals surface area contributed by atoms with E-state index < -0.39 is 35.6 Å². The predicted molar refractivity (Wildman–Crippen MR) is 145 cm³/mol. The van der Waals surface area contributed by atoms with E-state index in [1.807, 2.05) is 32.2 Å². The number of epoxide rings is 1. The van der Waals surface area contributed by atoms with E-state index in [1.54, 1.807) is 31.3 Å². The van der Waals surface area contributed by atoms with Crippen molar-refractivity contribution in [3.8, 4) is 0 Å². The molecule has 8 heteroatoms. The molecule has 2 unspecified atom stereocenters. The van der Waals surface area contributed by atoms with Crippen molar-refractivity contribution in [2.24, 2.45) is 17.3 Å². The van der Waals surface area contributed by atoms with Crippen molar-refractivity contribution in [1.29, 1.82) is 0 Å². The number of cyclic esters (lactones) is 1. The number of fused-ring (bicyclic) bond motifs is 1. The molecule has 37 heavy (non-hydrogen) atoms. The molecule has 0 radical (unpaired) electrons. The summed E-state index contributed by atoms with van der Waals surface area (Å²) in [7, 11) is 0. The van der Waals surface area contributed by atoms with Gasteiger partial charge in [-0.2, -0.15) is 0 Å². The van der Waals surface area contributed by atoms with Crippen molar-refractivity contribution in [1.82, 2.24) is 4.98 Å². The fourth-order valence-corrected chi connectivity index (χ4v) is 5.86. The van der Waals surface area contributed by atoms with Gasteiger partial charge < -0.3 is 19.7 Å². The molecule has 7 atom stereocenters. The van der Waals surface area contributed by atoms with Crippen molar-refractivity contribution in [2.45, 2.75) is 110 Å². The second kappa shape index (κ2) is 11.9. The van der Waals surface area contributed by atoms with Crippen LogP contribution in [0.5, 0.6) is 0 Å². The Morgan fingerprint density at radius 3 is 2.62 bits per heavy atom. The molecule has 0 aromatic carbocycles. The number of nitrogens with zero attached hydrogens (tertiary/aromatic N) is 1. The quantitative estimate of drug-likeness (QED) is 0.317. The Morgan fingerprint density at radius 1 is 1.30 bits per heavy atom. The Balaban J connectivity index is 1.88. The zero-order valence-corrected chi connectivity index (χ0v) is 23.8. The van der Waals surface area contributed by atoms with Crippen LogP contribution in [-0.2, 0) is 19.1 Å². The third-order valence-electron chi connectivity index (χ3n) is 8.17. The lowest BCUT2D eigenvalue weighted by molar-refractivity contribution is -0.154. The summed E-state index contributed by atoms with van der Waals surface area (Å²) in [4.78, 5) is 31.1. The average molecular weight is 534 g/mol. The van der Waals surface area contributed by atoms with Crippen LogP contribution >= 0.6 is 11.3 Å². The summed E-state index contributed by atoms with van der Waals surface area (Å²) < 4.78 is 12.0. The largest absolute Gasteiger partial charge is 0.458 e. The highest BCUT2D eigenvalue weighted by Crippen LogP contribution is 2.45. The van der Waals surface area contributed by atoms with Gasteiger partial charge >= 0.3 is 5.97 Å². The normalized spacial score (nSPS) is 35.9. The van der Waals surface area contributed by atoms with Gasteiger partial charge in [0.1, 0.15) is 11.9 Å². The number of allylic oxidation sites excluding steroid dienone is 1. The summed E-state index contributed by atoms with van der Waals surface area (Å²) in [6.07, 6.45) is 3.71. The fraction of sp³-hybridized carbons (Fsp3) is 0.690. The van der Waals surface area contributed by atoms with Gasteiger partial charge in [-0.25, -0.2) is 4.98 Å². The highest BCUT2D eigenvalue weighted by Gasteiger charge is 2.53. The molecular weight excluding hydrogens is 490 g/mol. The van der Waals surface area contributed by atoms with Gasteiger partial charge in [-0.15, -0.1) is 17.9 Å². The number of aliphatic hydroxyl groups is 2. The summed E-state index contributed by atoms with van der Waals surface area (Å²) in [5, 5.41) is 25.0. The number of ether oxygens (including phenoxy) is 2. The monoisotopic (exact) mass is 533 g/mol. The van der Waals surface area contributed by atoms with E-state index >= 15 is 0 Å². The van der Waals surface area contributed by atoms with E-state index in [1.165, 1.54) is 0 Å². The van der Waals surface area contributed by atoms with Gasteiger partial charge in [0.25, 0.3) is 0 Å². The number of aliphatic hydroxyl groups excluding tert-OH is 2. The van der Waals surface area contributed by atoms with E-state index in [0.29, 0.717) is 12.8 Å². The number of carbonyl (C=O) groups excluding carboxylic acids is 2. The maximum Gasteiger partial charge on any atom is 0.309 e. The standard InChI is InChI=1S/C29H43NO6S/c1-8-10-21-26(33)17(2)11-9-12-29(7)24(36-29)14-22(18(3)13-20-16-37-19(4)30-20)35-25(32)15-23(31)28(5,6)27(21)34/h8,13,16-17,21-24,26,31,33H,1,9-12,14-15H2,2-7H3/t17-,21+,22-,23-,24?,26+,29?/m0/s1. The highest BCUT2D eigenvalue weighted by molar-refractivity contribution is 7.09. The molecule has 0 saturated carbocycles. The van der Waals surface area contributed by atoms with Crippen LogP contribution in [0.1, 0.15) is 83.8 Å². The van der Waals surface area contributed by atoms with Crippen LogP contribution in [0, 0.1) is 24.2 Å². The number of hydrogen-bond donors (Lipinski definition) is 2. The van der Waals surface area contributed by atoms with E-state index in [4.69, 9.17) is 9.47 Å². The van der Waals surface area contributed by atoms with Crippen LogP contribution in [0.25, 0.3) is 6.08 Å². The molecule has 2 N–H and O–H groups in total. The first-order valence-electron chi connectivity index (χ1n) is 13.3. The van der Waals surface area contributed by atoms with Gasteiger partial charge in [0.15, 0.2) is 0 Å². The number of ketones is 1. The number of aryl methyl sites for hydroxylation is 1. The molecule has 2 aliphatic heterocycles. The minimum atomic E-state index is -1.26. The van der Waals surface area contributed by atoms with Crippen LogP contribution in [0.4, 0.5) is 0 Å². The van der Waals surface area contributed by atoms with Crippen molar-refractivity contribution in [3.63, 3.8) is 0 Å². The molecule has 0 bridgehead atoms. The average Bonchev–Trinajstić information content (AvgIpc) is 3.27. The first-order chi connectivity index (χ1) is 17.3. The number of esters is 1. The number of thiazole rings is 1. The van der Waals surface area contributed by atoms with Gasteiger partial charge in [0.2, 0.25) is 0 Å².